The van der Waals surface area contributed by atoms with Gasteiger partial charge in [-0.3, -0.25) is 4.79 Å². The molecule has 32 heavy (non-hydrogen) atoms. The molecule has 2 atom stereocenters. The van der Waals surface area contributed by atoms with Crippen LogP contribution in [0.15, 0.2) is 54.7 Å². The van der Waals surface area contributed by atoms with Crippen LogP contribution >= 0.6 is 11.6 Å². The minimum Gasteiger partial charge on any atom is -0.389 e. The molecule has 1 fully saturated rings. The summed E-state index contributed by atoms with van der Waals surface area (Å²) in [6, 6.07) is 14.1. The molecular weight excluding hydrogens is 427 g/mol. The van der Waals surface area contributed by atoms with Crippen molar-refractivity contribution in [3.8, 4) is 11.1 Å². The molecule has 2 unspecified atom stereocenters. The van der Waals surface area contributed by atoms with Crippen LogP contribution in [0.2, 0.25) is 5.02 Å². The zero-order chi connectivity index (χ0) is 22.8. The van der Waals surface area contributed by atoms with Crippen molar-refractivity contribution < 1.29 is 14.3 Å². The second-order valence-corrected chi connectivity index (χ2v) is 8.71. The average Bonchev–Trinajstić information content (AvgIpc) is 3.28. The summed E-state index contributed by atoms with van der Waals surface area (Å²) in [5.41, 5.74) is 5.21. The molecular formula is C26H26ClFN2O2. The van der Waals surface area contributed by atoms with E-state index in [9.17, 15) is 14.3 Å². The lowest BCUT2D eigenvalue weighted by molar-refractivity contribution is 0.0785. The van der Waals surface area contributed by atoms with E-state index in [4.69, 9.17) is 11.6 Å². The van der Waals surface area contributed by atoms with Crippen molar-refractivity contribution in [3.63, 3.8) is 0 Å². The number of benzene rings is 2. The summed E-state index contributed by atoms with van der Waals surface area (Å²) in [6.07, 6.45) is 2.47. The molecule has 0 saturated carbocycles. The van der Waals surface area contributed by atoms with Crippen molar-refractivity contribution in [2.45, 2.75) is 38.7 Å². The first kappa shape index (κ1) is 22.4. The van der Waals surface area contributed by atoms with Crippen molar-refractivity contribution in [3.05, 3.63) is 88.0 Å². The monoisotopic (exact) mass is 452 g/mol. The fraction of sp³-hybridized carbons (Fsp3) is 0.308. The van der Waals surface area contributed by atoms with Crippen LogP contribution in [0.5, 0.6) is 0 Å². The topological polar surface area (TPSA) is 53.4 Å². The maximum atomic E-state index is 13.7. The zero-order valence-corrected chi connectivity index (χ0v) is 18.9. The van der Waals surface area contributed by atoms with Gasteiger partial charge in [-0.1, -0.05) is 42.8 Å². The van der Waals surface area contributed by atoms with Crippen LogP contribution in [-0.2, 0) is 6.42 Å². The number of hydrogen-bond acceptors (Lipinski definition) is 3. The highest BCUT2D eigenvalue weighted by Gasteiger charge is 2.29. The van der Waals surface area contributed by atoms with Gasteiger partial charge in [0.1, 0.15) is 11.5 Å². The molecule has 1 N–H and O–H groups in total. The standard InChI is InChI=1S/C26H26ClFN2O2/c1-3-17-12-18(23-8-6-21(28)13-24(23)16(2)31)4-7-22(17)19-10-11-30(15-19)26(32)25-9-5-20(27)14-29-25/h4-9,12-14,16,19,31H,3,10-11,15H2,1-2H3. The smallest absolute Gasteiger partial charge is 0.272 e. The number of aromatic nitrogens is 1. The first-order valence-corrected chi connectivity index (χ1v) is 11.3. The molecule has 6 heteroatoms. The first-order chi connectivity index (χ1) is 15.4. The Hall–Kier alpha value is -2.76. The lowest BCUT2D eigenvalue weighted by Gasteiger charge is -2.19. The van der Waals surface area contributed by atoms with Crippen LogP contribution in [0, 0.1) is 5.82 Å². The molecule has 2 aromatic carbocycles. The lowest BCUT2D eigenvalue weighted by atomic mass is 9.88. The van der Waals surface area contributed by atoms with Gasteiger partial charge in [0.25, 0.3) is 5.91 Å². The summed E-state index contributed by atoms with van der Waals surface area (Å²) in [7, 11) is 0. The second kappa shape index (κ2) is 9.39. The van der Waals surface area contributed by atoms with E-state index in [2.05, 4.69) is 24.0 Å². The SMILES string of the molecule is CCc1cc(-c2ccc(F)cc2C(C)O)ccc1C1CCN(C(=O)c2ccc(Cl)cn2)C1. The molecule has 1 saturated heterocycles. The summed E-state index contributed by atoms with van der Waals surface area (Å²) in [5, 5.41) is 10.6. The number of nitrogens with zero attached hydrogens (tertiary/aromatic N) is 2. The fourth-order valence-electron chi connectivity index (χ4n) is 4.48. The summed E-state index contributed by atoms with van der Waals surface area (Å²) < 4.78 is 13.7. The maximum absolute atomic E-state index is 13.7. The molecule has 0 radical (unpaired) electrons. The van der Waals surface area contributed by atoms with Crippen LogP contribution in [-0.4, -0.2) is 34.0 Å². The van der Waals surface area contributed by atoms with Gasteiger partial charge in [0.2, 0.25) is 0 Å². The first-order valence-electron chi connectivity index (χ1n) is 10.9. The van der Waals surface area contributed by atoms with E-state index < -0.39 is 6.10 Å². The molecule has 0 bridgehead atoms. The third-order valence-electron chi connectivity index (χ3n) is 6.16. The Bertz CT molecular complexity index is 1130. The van der Waals surface area contributed by atoms with Gasteiger partial charge in [-0.05, 0) is 71.8 Å². The molecule has 1 aliphatic rings. The lowest BCUT2D eigenvalue weighted by Crippen LogP contribution is -2.29. The Kier molecular flexibility index (Phi) is 6.58. The van der Waals surface area contributed by atoms with Gasteiger partial charge in [-0.15, -0.1) is 0 Å². The van der Waals surface area contributed by atoms with E-state index in [0.717, 1.165) is 24.0 Å². The quantitative estimate of drug-likeness (QED) is 0.533. The number of likely N-dealkylation sites (tertiary alicyclic amines) is 1. The normalized spacial score (nSPS) is 16.9. The van der Waals surface area contributed by atoms with E-state index in [-0.39, 0.29) is 17.6 Å². The van der Waals surface area contributed by atoms with Gasteiger partial charge >= 0.3 is 0 Å². The van der Waals surface area contributed by atoms with Gasteiger partial charge < -0.3 is 10.0 Å². The number of amides is 1. The molecule has 3 aromatic rings. The summed E-state index contributed by atoms with van der Waals surface area (Å²) in [5.74, 6) is -0.186. The van der Waals surface area contributed by atoms with E-state index in [1.165, 1.54) is 29.5 Å². The van der Waals surface area contributed by atoms with Crippen LogP contribution in [0.4, 0.5) is 4.39 Å². The Balaban J connectivity index is 1.58. The van der Waals surface area contributed by atoms with E-state index >= 15 is 0 Å². The highest BCUT2D eigenvalue weighted by atomic mass is 35.5. The number of pyridine rings is 1. The highest BCUT2D eigenvalue weighted by molar-refractivity contribution is 6.30. The van der Waals surface area contributed by atoms with E-state index in [0.29, 0.717) is 29.4 Å². The minimum atomic E-state index is -0.763. The Labute approximate surface area is 192 Å². The highest BCUT2D eigenvalue weighted by Crippen LogP contribution is 2.35. The van der Waals surface area contributed by atoms with E-state index in [1.54, 1.807) is 25.1 Å². The predicted octanol–water partition coefficient (Wildman–Crippen LogP) is 5.79. The van der Waals surface area contributed by atoms with Gasteiger partial charge in [0.15, 0.2) is 0 Å². The van der Waals surface area contributed by atoms with Crippen molar-refractivity contribution >= 4 is 17.5 Å². The number of carbonyl (C=O) groups excluding carboxylic acids is 1. The van der Waals surface area contributed by atoms with Gasteiger partial charge in [0.05, 0.1) is 11.1 Å². The zero-order valence-electron chi connectivity index (χ0n) is 18.2. The van der Waals surface area contributed by atoms with Gasteiger partial charge in [-0.25, -0.2) is 9.37 Å². The molecule has 1 amide bonds. The molecule has 166 valence electrons. The van der Waals surface area contributed by atoms with Crippen molar-refractivity contribution in [1.82, 2.24) is 9.88 Å². The Morgan fingerprint density at radius 2 is 2.06 bits per heavy atom. The Morgan fingerprint density at radius 1 is 1.25 bits per heavy atom. The Morgan fingerprint density at radius 3 is 2.75 bits per heavy atom. The number of aryl methyl sites for hydroxylation is 1. The molecule has 4 rings (SSSR count). The molecule has 1 aromatic heterocycles. The molecule has 2 heterocycles. The third kappa shape index (κ3) is 4.54. The number of hydrogen-bond donors (Lipinski definition) is 1. The summed E-state index contributed by atoms with van der Waals surface area (Å²) >= 11 is 5.88. The van der Waals surface area contributed by atoms with Gasteiger partial charge in [-0.2, -0.15) is 0 Å². The molecule has 4 nitrogen and oxygen atoms in total. The predicted molar refractivity (Wildman–Crippen MR) is 124 cm³/mol. The fourth-order valence-corrected chi connectivity index (χ4v) is 4.59. The third-order valence-corrected chi connectivity index (χ3v) is 6.38. The molecule has 0 spiro atoms. The molecule has 1 aliphatic heterocycles. The average molecular weight is 453 g/mol. The second-order valence-electron chi connectivity index (χ2n) is 8.27. The van der Waals surface area contributed by atoms with Crippen molar-refractivity contribution in [1.29, 1.82) is 0 Å². The maximum Gasteiger partial charge on any atom is 0.272 e. The van der Waals surface area contributed by atoms with Gasteiger partial charge in [0, 0.05) is 25.2 Å². The van der Waals surface area contributed by atoms with Crippen LogP contribution in [0.25, 0.3) is 11.1 Å². The number of halogens is 2. The number of carbonyl (C=O) groups is 1. The number of rotatable bonds is 5. The largest absolute Gasteiger partial charge is 0.389 e. The minimum absolute atomic E-state index is 0.0771. The van der Waals surface area contributed by atoms with Crippen LogP contribution < -0.4 is 0 Å². The number of aliphatic hydroxyl groups is 1. The molecule has 0 aliphatic carbocycles. The summed E-state index contributed by atoms with van der Waals surface area (Å²) in [6.45, 7) is 5.08. The van der Waals surface area contributed by atoms with E-state index in [1.807, 2.05) is 11.0 Å². The van der Waals surface area contributed by atoms with Crippen LogP contribution in [0.1, 0.15) is 59.5 Å². The van der Waals surface area contributed by atoms with Crippen molar-refractivity contribution in [2.24, 2.45) is 0 Å². The number of aliphatic hydroxyl groups excluding tert-OH is 1. The van der Waals surface area contributed by atoms with Crippen LogP contribution in [0.3, 0.4) is 0 Å². The van der Waals surface area contributed by atoms with Crippen molar-refractivity contribution in [2.75, 3.05) is 13.1 Å². The summed E-state index contributed by atoms with van der Waals surface area (Å²) in [4.78, 5) is 18.8.